The maximum atomic E-state index is 14.5. The van der Waals surface area contributed by atoms with Crippen molar-refractivity contribution in [1.29, 1.82) is 0 Å². The zero-order valence-electron chi connectivity index (χ0n) is 32.9. The number of nitrogens with two attached hydrogens (primary N) is 1. The average Bonchev–Trinajstić information content (AvgIpc) is 3.96. The Balaban J connectivity index is 1.24. The predicted octanol–water partition coefficient (Wildman–Crippen LogP) is 4.71. The number of hydrogen-bond acceptors (Lipinski definition) is 10. The van der Waals surface area contributed by atoms with E-state index < -0.39 is 36.0 Å². The maximum absolute atomic E-state index is 14.5. The number of hydrogen-bond donors (Lipinski definition) is 5. The van der Waals surface area contributed by atoms with Gasteiger partial charge in [-0.3, -0.25) is 9.59 Å². The van der Waals surface area contributed by atoms with Gasteiger partial charge in [0.05, 0.1) is 19.1 Å². The summed E-state index contributed by atoms with van der Waals surface area (Å²) in [6.07, 6.45) is 6.59. The fourth-order valence-electron chi connectivity index (χ4n) is 6.86. The van der Waals surface area contributed by atoms with Crippen LogP contribution in [-0.2, 0) is 42.4 Å². The molecule has 0 radical (unpaired) electrons. The van der Waals surface area contributed by atoms with Crippen molar-refractivity contribution in [2.24, 2.45) is 7.05 Å². The molecule has 16 nitrogen and oxygen atoms in total. The number of imidazole rings is 2. The van der Waals surface area contributed by atoms with Crippen LogP contribution in [0.1, 0.15) is 58.5 Å². The monoisotopic (exact) mass is 788 g/mol. The van der Waals surface area contributed by atoms with Crippen molar-refractivity contribution in [3.8, 4) is 16.9 Å². The van der Waals surface area contributed by atoms with Crippen molar-refractivity contribution in [3.63, 3.8) is 0 Å². The average molecular weight is 789 g/mol. The second kappa shape index (κ2) is 18.8. The first-order valence-corrected chi connectivity index (χ1v) is 18.9. The summed E-state index contributed by atoms with van der Waals surface area (Å²) in [5.74, 6) is 0.353. The van der Waals surface area contributed by atoms with Gasteiger partial charge in [-0.25, -0.2) is 14.8 Å². The van der Waals surface area contributed by atoms with E-state index in [-0.39, 0.29) is 25.2 Å². The van der Waals surface area contributed by atoms with E-state index in [9.17, 15) is 19.5 Å². The van der Waals surface area contributed by atoms with Crippen LogP contribution in [0.25, 0.3) is 11.1 Å². The number of nitrogens with one attached hydrogen (secondary N) is 3. The van der Waals surface area contributed by atoms with Crippen molar-refractivity contribution in [1.82, 2.24) is 45.2 Å². The molecule has 3 amide bonds. The maximum Gasteiger partial charge on any atom is 0.405 e. The van der Waals surface area contributed by atoms with E-state index in [1.165, 1.54) is 0 Å². The third-order valence-corrected chi connectivity index (χ3v) is 9.89. The van der Waals surface area contributed by atoms with Crippen molar-refractivity contribution < 1.29 is 28.8 Å². The van der Waals surface area contributed by atoms with E-state index in [1.807, 2.05) is 81.7 Å². The number of ether oxygens (including phenoxy) is 1. The van der Waals surface area contributed by atoms with E-state index in [1.54, 1.807) is 35.0 Å². The molecule has 3 aromatic heterocycles. The lowest BCUT2D eigenvalue weighted by atomic mass is 9.95. The van der Waals surface area contributed by atoms with Crippen LogP contribution in [0.2, 0.25) is 0 Å². The Morgan fingerprint density at radius 1 is 0.914 bits per heavy atom. The molecular weight excluding hydrogens is 741 g/mol. The lowest BCUT2D eigenvalue weighted by molar-refractivity contribution is -0.130. The van der Waals surface area contributed by atoms with E-state index in [4.69, 9.17) is 20.0 Å². The highest BCUT2D eigenvalue weighted by Gasteiger charge is 2.31. The van der Waals surface area contributed by atoms with Crippen molar-refractivity contribution in [3.05, 3.63) is 131 Å². The van der Waals surface area contributed by atoms with Crippen LogP contribution in [0, 0.1) is 13.8 Å². The Morgan fingerprint density at radius 3 is 2.26 bits per heavy atom. The summed E-state index contributed by atoms with van der Waals surface area (Å²) >= 11 is 0. The van der Waals surface area contributed by atoms with E-state index >= 15 is 0 Å². The number of aromatic nitrogens is 6. The minimum atomic E-state index is -1.38. The van der Waals surface area contributed by atoms with E-state index in [0.29, 0.717) is 42.6 Å². The van der Waals surface area contributed by atoms with Gasteiger partial charge in [0.2, 0.25) is 17.7 Å². The van der Waals surface area contributed by atoms with Crippen LogP contribution in [0.3, 0.4) is 0 Å². The quantitative estimate of drug-likeness (QED) is 0.0804. The summed E-state index contributed by atoms with van der Waals surface area (Å²) in [6, 6.07) is 18.8. The van der Waals surface area contributed by atoms with Gasteiger partial charge in [-0.1, -0.05) is 59.8 Å². The number of nitrogen functional groups attached to an aromatic ring is 1. The number of amides is 3. The van der Waals surface area contributed by atoms with Crippen LogP contribution in [0.15, 0.2) is 96.2 Å². The molecule has 0 aliphatic rings. The van der Waals surface area contributed by atoms with Crippen LogP contribution in [0.5, 0.6) is 5.75 Å². The third-order valence-electron chi connectivity index (χ3n) is 9.89. The van der Waals surface area contributed by atoms with Crippen LogP contribution >= 0.6 is 0 Å². The molecule has 6 rings (SSSR count). The summed E-state index contributed by atoms with van der Waals surface area (Å²) in [5, 5.41) is 22.1. The molecule has 0 aliphatic carbocycles. The minimum Gasteiger partial charge on any atom is -0.497 e. The molecular formula is C42H48N10O6. The van der Waals surface area contributed by atoms with Crippen molar-refractivity contribution in [2.45, 2.75) is 70.6 Å². The molecule has 58 heavy (non-hydrogen) atoms. The number of benzene rings is 3. The number of rotatable bonds is 18. The molecule has 3 heterocycles. The molecule has 0 bridgehead atoms. The molecule has 0 aliphatic heterocycles. The zero-order valence-corrected chi connectivity index (χ0v) is 32.9. The summed E-state index contributed by atoms with van der Waals surface area (Å²) in [7, 11) is 3.42. The minimum absolute atomic E-state index is 0.0922. The number of carboxylic acid groups (broad SMARTS) is 1. The lowest BCUT2D eigenvalue weighted by Gasteiger charge is -2.25. The third kappa shape index (κ3) is 10.7. The van der Waals surface area contributed by atoms with Gasteiger partial charge in [-0.05, 0) is 72.2 Å². The van der Waals surface area contributed by atoms with Gasteiger partial charge >= 0.3 is 6.09 Å². The highest BCUT2D eigenvalue weighted by atomic mass is 16.5. The van der Waals surface area contributed by atoms with Crippen molar-refractivity contribution in [2.75, 3.05) is 12.8 Å². The summed E-state index contributed by atoms with van der Waals surface area (Å²) < 4.78 is 14.7. The standard InChI is InChI=1S/C42H48N10O6/c1-26-19-32(57-4)20-27(2)33(26)23-35(46-38(53)34(48-42(55)56)11-8-17-52-18-16-44-41(52)43)39(54)47-36(22-31-24-51(3)25-45-31)40-49-37(50-58-40)21-28-12-14-30(15-13-28)29-9-6-5-7-10-29/h5-7,9-10,12-16,18-20,24-25,34-36,48H,8,11,17,21-23H2,1-4H3,(H2,43,44)(H,46,53)(H,47,54)(H,55,56). The number of methoxy groups -OCH3 is 1. The predicted molar refractivity (Wildman–Crippen MR) is 216 cm³/mol. The first-order chi connectivity index (χ1) is 27.9. The van der Waals surface area contributed by atoms with Gasteiger partial charge in [-0.2, -0.15) is 4.98 Å². The Bertz CT molecular complexity index is 2290. The second-order valence-corrected chi connectivity index (χ2v) is 14.2. The Morgan fingerprint density at radius 2 is 1.62 bits per heavy atom. The van der Waals surface area contributed by atoms with E-state index in [2.05, 4.69) is 43.2 Å². The molecule has 0 fully saturated rings. The van der Waals surface area contributed by atoms with Gasteiger partial charge in [0.25, 0.3) is 0 Å². The van der Waals surface area contributed by atoms with E-state index in [0.717, 1.165) is 33.4 Å². The molecule has 0 saturated heterocycles. The number of carbonyl (C=O) groups excluding carboxylic acids is 2. The summed E-state index contributed by atoms with van der Waals surface area (Å²) in [5.41, 5.74) is 12.3. The van der Waals surface area contributed by atoms with Crippen LogP contribution in [0.4, 0.5) is 10.7 Å². The zero-order chi connectivity index (χ0) is 41.2. The number of anilines is 1. The largest absolute Gasteiger partial charge is 0.497 e. The number of nitrogens with zero attached hydrogens (tertiary/aromatic N) is 6. The topological polar surface area (TPSA) is 217 Å². The molecule has 6 N–H and O–H groups in total. The SMILES string of the molecule is COc1cc(C)c(CC(NC(=O)C(CCCn2ccnc2N)NC(=O)O)C(=O)NC(Cc2cn(C)cn2)c2nc(Cc3ccc(-c4ccccc4)cc3)no2)c(C)c1. The highest BCUT2D eigenvalue weighted by molar-refractivity contribution is 5.91. The first kappa shape index (κ1) is 40.7. The molecule has 16 heteroatoms. The smallest absolute Gasteiger partial charge is 0.405 e. The van der Waals surface area contributed by atoms with Gasteiger partial charge in [-0.15, -0.1) is 0 Å². The van der Waals surface area contributed by atoms with Gasteiger partial charge in [0, 0.05) is 51.4 Å². The fourth-order valence-corrected chi connectivity index (χ4v) is 6.86. The molecule has 3 aromatic carbocycles. The van der Waals surface area contributed by atoms with Crippen molar-refractivity contribution >= 4 is 23.9 Å². The van der Waals surface area contributed by atoms with Crippen LogP contribution in [-0.4, -0.2) is 71.5 Å². The molecule has 0 saturated carbocycles. The molecule has 3 atom stereocenters. The van der Waals surface area contributed by atoms with Gasteiger partial charge in [0.1, 0.15) is 23.9 Å². The lowest BCUT2D eigenvalue weighted by Crippen LogP contribution is -2.55. The molecule has 6 aromatic rings. The number of aryl methyl sites for hydroxylation is 4. The van der Waals surface area contributed by atoms with Gasteiger partial charge < -0.3 is 45.2 Å². The molecule has 0 spiro atoms. The molecule has 302 valence electrons. The highest BCUT2D eigenvalue weighted by Crippen LogP contribution is 2.25. The first-order valence-electron chi connectivity index (χ1n) is 18.9. The summed E-state index contributed by atoms with van der Waals surface area (Å²) in [6.45, 7) is 4.21. The Kier molecular flexibility index (Phi) is 13.2. The van der Waals surface area contributed by atoms with Gasteiger partial charge in [0.15, 0.2) is 11.8 Å². The fraction of sp³-hybridized carbons (Fsp3) is 0.310. The number of carbonyl (C=O) groups is 3. The van der Waals surface area contributed by atoms with Crippen LogP contribution < -0.4 is 26.4 Å². The second-order valence-electron chi connectivity index (χ2n) is 14.2. The Hall–Kier alpha value is -6.97. The Labute approximate surface area is 335 Å². The normalized spacial score (nSPS) is 12.7. The molecule has 3 unspecified atom stereocenters. The summed E-state index contributed by atoms with van der Waals surface area (Å²) in [4.78, 5) is 53.4.